The molecule has 11 nitrogen and oxygen atoms in total. The summed E-state index contributed by atoms with van der Waals surface area (Å²) in [5.41, 5.74) is 0.491. The van der Waals surface area contributed by atoms with Gasteiger partial charge < -0.3 is 20.5 Å². The number of carboxylic acid groups (broad SMARTS) is 1. The van der Waals surface area contributed by atoms with Gasteiger partial charge in [-0.3, -0.25) is 14.4 Å². The number of ether oxygens (including phenoxy) is 1. The van der Waals surface area contributed by atoms with Crippen molar-refractivity contribution in [2.75, 3.05) is 44.0 Å². The molecule has 0 spiro atoms. The summed E-state index contributed by atoms with van der Waals surface area (Å²) >= 11 is 17.9. The predicted molar refractivity (Wildman–Crippen MR) is 158 cm³/mol. The Morgan fingerprint density at radius 2 is 1.66 bits per heavy atom. The second kappa shape index (κ2) is 15.6. The summed E-state index contributed by atoms with van der Waals surface area (Å²) in [5, 5.41) is 13.9. The largest absolute Gasteiger partial charge is 0.490 e. The molecule has 0 unspecified atom stereocenters. The van der Waals surface area contributed by atoms with Crippen LogP contribution in [0.3, 0.4) is 0 Å². The molecule has 238 valence electrons. The summed E-state index contributed by atoms with van der Waals surface area (Å²) in [6.07, 6.45) is -3.76. The molecule has 0 bridgehead atoms. The molecule has 4 N–H and O–H groups in total. The Balaban J connectivity index is 0.000000676. The van der Waals surface area contributed by atoms with Crippen molar-refractivity contribution < 1.29 is 41.0 Å². The standard InChI is InChI=1S/C24H24Cl3N5O4S.C2HF3O2/c25-17-13-22(31-37(34,35)19-5-6-20(26)21(27)14-19)24(30-15-17)36-18-3-1-16(2-4-18)23(33)29-9-12-32-10-7-28-8-11-32;3-2(4,5)1(6)7/h1-6,13-15,28,31H,7-12H2,(H,29,33);(H,6,7). The number of carbonyl (C=O) groups excluding carboxylic acids is 1. The lowest BCUT2D eigenvalue weighted by atomic mass is 10.2. The van der Waals surface area contributed by atoms with Crippen LogP contribution in [0.15, 0.2) is 59.6 Å². The highest BCUT2D eigenvalue weighted by molar-refractivity contribution is 7.92. The molecule has 1 aromatic heterocycles. The lowest BCUT2D eigenvalue weighted by Crippen LogP contribution is -2.46. The number of halogens is 6. The van der Waals surface area contributed by atoms with Gasteiger partial charge in [0.25, 0.3) is 15.9 Å². The first kappa shape index (κ1) is 35.1. The Kier molecular flexibility index (Phi) is 12.5. The monoisotopic (exact) mass is 697 g/mol. The number of hydrogen-bond acceptors (Lipinski definition) is 8. The molecule has 1 aliphatic heterocycles. The van der Waals surface area contributed by atoms with Crippen LogP contribution in [-0.4, -0.2) is 80.7 Å². The molecule has 0 atom stereocenters. The van der Waals surface area contributed by atoms with Crippen molar-refractivity contribution in [1.82, 2.24) is 20.5 Å². The maximum atomic E-state index is 12.9. The zero-order valence-electron chi connectivity index (χ0n) is 22.5. The Morgan fingerprint density at radius 1 is 1.02 bits per heavy atom. The van der Waals surface area contributed by atoms with Crippen molar-refractivity contribution in [2.45, 2.75) is 11.1 Å². The average Bonchev–Trinajstić information content (AvgIpc) is 2.96. The zero-order valence-corrected chi connectivity index (χ0v) is 25.6. The van der Waals surface area contributed by atoms with Crippen LogP contribution in [0.4, 0.5) is 18.9 Å². The van der Waals surface area contributed by atoms with E-state index in [1.807, 2.05) is 0 Å². The van der Waals surface area contributed by atoms with Gasteiger partial charge >= 0.3 is 12.1 Å². The summed E-state index contributed by atoms with van der Waals surface area (Å²) in [6, 6.07) is 11.7. The molecular weight excluding hydrogens is 674 g/mol. The molecule has 44 heavy (non-hydrogen) atoms. The number of carboxylic acids is 1. The lowest BCUT2D eigenvalue weighted by molar-refractivity contribution is -0.192. The summed E-state index contributed by atoms with van der Waals surface area (Å²) in [7, 11) is -4.05. The first-order valence-corrected chi connectivity index (χ1v) is 15.2. The van der Waals surface area contributed by atoms with Crippen LogP contribution in [0.1, 0.15) is 10.4 Å². The van der Waals surface area contributed by atoms with Crippen LogP contribution in [0.2, 0.25) is 15.1 Å². The topological polar surface area (TPSA) is 150 Å². The molecule has 3 aromatic rings. The normalized spacial score (nSPS) is 13.8. The number of amides is 1. The van der Waals surface area contributed by atoms with E-state index in [1.165, 1.54) is 30.5 Å². The number of piperazine rings is 1. The number of hydrogen-bond donors (Lipinski definition) is 4. The van der Waals surface area contributed by atoms with Crippen molar-refractivity contribution in [2.24, 2.45) is 0 Å². The third-order valence-corrected chi connectivity index (χ3v) is 8.07. The molecular formula is C26H25Cl3F3N5O6S. The second-order valence-electron chi connectivity index (χ2n) is 8.96. The molecule has 18 heteroatoms. The number of anilines is 1. The Hall–Kier alpha value is -3.34. The van der Waals surface area contributed by atoms with Crippen LogP contribution in [0, 0.1) is 0 Å². The van der Waals surface area contributed by atoms with E-state index < -0.39 is 22.2 Å². The minimum Gasteiger partial charge on any atom is -0.475 e. The number of pyridine rings is 1. The number of aromatic nitrogens is 1. The highest BCUT2D eigenvalue weighted by atomic mass is 35.5. The molecule has 0 radical (unpaired) electrons. The van der Waals surface area contributed by atoms with E-state index in [1.54, 1.807) is 24.3 Å². The molecule has 1 fully saturated rings. The van der Waals surface area contributed by atoms with E-state index in [0.29, 0.717) is 17.9 Å². The number of nitrogens with one attached hydrogen (secondary N) is 3. The van der Waals surface area contributed by atoms with Gasteiger partial charge in [0.1, 0.15) is 11.4 Å². The third-order valence-electron chi connectivity index (χ3n) is 5.76. The van der Waals surface area contributed by atoms with E-state index in [0.717, 1.165) is 32.7 Å². The van der Waals surface area contributed by atoms with Gasteiger partial charge in [-0.15, -0.1) is 0 Å². The molecule has 2 aromatic carbocycles. The van der Waals surface area contributed by atoms with Crippen LogP contribution in [0.25, 0.3) is 0 Å². The SMILES string of the molecule is O=C(NCCN1CCNCC1)c1ccc(Oc2ncc(Cl)cc2NS(=O)(=O)c2ccc(Cl)c(Cl)c2)cc1.O=C(O)C(F)(F)F. The first-order valence-electron chi connectivity index (χ1n) is 12.6. The lowest BCUT2D eigenvalue weighted by Gasteiger charge is -2.27. The number of nitrogens with zero attached hydrogens (tertiary/aromatic N) is 2. The van der Waals surface area contributed by atoms with Crippen molar-refractivity contribution >= 4 is 62.4 Å². The summed E-state index contributed by atoms with van der Waals surface area (Å²) in [6.45, 7) is 5.18. The second-order valence-corrected chi connectivity index (χ2v) is 11.9. The van der Waals surface area contributed by atoms with Gasteiger partial charge in [0, 0.05) is 51.0 Å². The summed E-state index contributed by atoms with van der Waals surface area (Å²) < 4.78 is 65.7. The van der Waals surface area contributed by atoms with Crippen LogP contribution in [0.5, 0.6) is 11.6 Å². The molecule has 1 aliphatic rings. The molecule has 1 saturated heterocycles. The van der Waals surface area contributed by atoms with Gasteiger partial charge in [-0.2, -0.15) is 13.2 Å². The molecule has 2 heterocycles. The van der Waals surface area contributed by atoms with Gasteiger partial charge in [-0.1, -0.05) is 34.8 Å². The zero-order chi connectivity index (χ0) is 32.5. The van der Waals surface area contributed by atoms with Crippen LogP contribution in [-0.2, 0) is 14.8 Å². The van der Waals surface area contributed by atoms with E-state index in [-0.39, 0.29) is 37.4 Å². The van der Waals surface area contributed by atoms with E-state index in [4.69, 9.17) is 49.4 Å². The number of benzene rings is 2. The van der Waals surface area contributed by atoms with E-state index in [2.05, 4.69) is 25.2 Å². The fraction of sp³-hybridized carbons (Fsp3) is 0.269. The summed E-state index contributed by atoms with van der Waals surface area (Å²) in [5.74, 6) is -2.63. The molecule has 1 amide bonds. The van der Waals surface area contributed by atoms with Gasteiger partial charge in [-0.05, 0) is 48.5 Å². The van der Waals surface area contributed by atoms with Crippen LogP contribution < -0.4 is 20.1 Å². The molecule has 4 rings (SSSR count). The number of alkyl halides is 3. The number of sulfonamides is 1. The maximum absolute atomic E-state index is 12.9. The smallest absolute Gasteiger partial charge is 0.475 e. The molecule has 0 saturated carbocycles. The minimum atomic E-state index is -5.08. The Morgan fingerprint density at radius 3 is 2.25 bits per heavy atom. The third kappa shape index (κ3) is 10.7. The summed E-state index contributed by atoms with van der Waals surface area (Å²) in [4.78, 5) is 27.7. The predicted octanol–water partition coefficient (Wildman–Crippen LogP) is 4.90. The van der Waals surface area contributed by atoms with Gasteiger partial charge in [0.05, 0.1) is 20.0 Å². The number of aliphatic carboxylic acids is 1. The van der Waals surface area contributed by atoms with Crippen molar-refractivity contribution in [3.8, 4) is 11.6 Å². The Bertz CT molecular complexity index is 1570. The highest BCUT2D eigenvalue weighted by Gasteiger charge is 2.38. The average molecular weight is 699 g/mol. The van der Waals surface area contributed by atoms with E-state index in [9.17, 15) is 26.4 Å². The fourth-order valence-corrected chi connectivity index (χ4v) is 5.17. The minimum absolute atomic E-state index is 0.0216. The number of rotatable bonds is 9. The maximum Gasteiger partial charge on any atom is 0.490 e. The highest BCUT2D eigenvalue weighted by Crippen LogP contribution is 2.32. The van der Waals surface area contributed by atoms with Crippen molar-refractivity contribution in [3.63, 3.8) is 0 Å². The van der Waals surface area contributed by atoms with E-state index >= 15 is 0 Å². The quantitative estimate of drug-likeness (QED) is 0.245. The number of carbonyl (C=O) groups is 2. The van der Waals surface area contributed by atoms with Gasteiger partial charge in [0.15, 0.2) is 0 Å². The molecule has 0 aliphatic carbocycles. The van der Waals surface area contributed by atoms with Gasteiger partial charge in [0.2, 0.25) is 5.88 Å². The van der Waals surface area contributed by atoms with Crippen LogP contribution >= 0.6 is 34.8 Å². The first-order chi connectivity index (χ1) is 20.7. The fourth-order valence-electron chi connectivity index (χ4n) is 3.58. The van der Waals surface area contributed by atoms with Gasteiger partial charge in [-0.25, -0.2) is 18.2 Å². The van der Waals surface area contributed by atoms with Crippen molar-refractivity contribution in [1.29, 1.82) is 0 Å². The van der Waals surface area contributed by atoms with Crippen molar-refractivity contribution in [3.05, 3.63) is 75.4 Å². The Labute approximate surface area is 265 Å².